The number of hydrogen-bond donors (Lipinski definition) is 1. The molecule has 1 aromatic rings. The summed E-state index contributed by atoms with van der Waals surface area (Å²) >= 11 is 0. The number of nitro groups is 2. The van der Waals surface area contributed by atoms with E-state index in [-0.39, 0.29) is 11.9 Å². The Hall–Kier alpha value is -2.25. The van der Waals surface area contributed by atoms with Crippen LogP contribution < -0.4 is 5.32 Å². The first-order chi connectivity index (χ1) is 7.41. The van der Waals surface area contributed by atoms with E-state index in [1.165, 1.54) is 0 Å². The van der Waals surface area contributed by atoms with Gasteiger partial charge in [0.1, 0.15) is 6.20 Å². The van der Waals surface area contributed by atoms with E-state index in [9.17, 15) is 20.2 Å². The van der Waals surface area contributed by atoms with Crippen LogP contribution in [-0.2, 0) is 0 Å². The van der Waals surface area contributed by atoms with Crippen molar-refractivity contribution in [2.75, 3.05) is 5.32 Å². The van der Waals surface area contributed by atoms with E-state index in [0.717, 1.165) is 12.3 Å². The normalized spacial score (nSPS) is 10.2. The highest BCUT2D eigenvalue weighted by molar-refractivity contribution is 5.59. The van der Waals surface area contributed by atoms with Crippen molar-refractivity contribution in [2.45, 2.75) is 19.9 Å². The molecule has 1 N–H and O–H groups in total. The highest BCUT2D eigenvalue weighted by Crippen LogP contribution is 2.26. The van der Waals surface area contributed by atoms with Gasteiger partial charge in [-0.2, -0.15) is 0 Å². The maximum absolute atomic E-state index is 10.7. The van der Waals surface area contributed by atoms with Crippen LogP contribution in [0.1, 0.15) is 13.8 Å². The second-order valence-electron chi connectivity index (χ2n) is 3.37. The second kappa shape index (κ2) is 4.51. The molecule has 0 aliphatic rings. The van der Waals surface area contributed by atoms with Crippen molar-refractivity contribution in [2.24, 2.45) is 0 Å². The van der Waals surface area contributed by atoms with Gasteiger partial charge in [0.25, 0.3) is 5.69 Å². The van der Waals surface area contributed by atoms with E-state index < -0.39 is 21.2 Å². The minimum atomic E-state index is -0.723. The molecule has 0 amide bonds. The number of rotatable bonds is 4. The monoisotopic (exact) mass is 226 g/mol. The molecule has 0 aromatic carbocycles. The van der Waals surface area contributed by atoms with Gasteiger partial charge in [-0.1, -0.05) is 0 Å². The third-order valence-electron chi connectivity index (χ3n) is 1.69. The molecule has 0 unspecified atom stereocenters. The Morgan fingerprint density at radius 2 is 1.94 bits per heavy atom. The van der Waals surface area contributed by atoms with Gasteiger partial charge in [0.05, 0.1) is 15.9 Å². The Labute approximate surface area is 90.6 Å². The summed E-state index contributed by atoms with van der Waals surface area (Å²) in [5.74, 6) is 0.0330. The fourth-order valence-electron chi connectivity index (χ4n) is 1.07. The lowest BCUT2D eigenvalue weighted by Crippen LogP contribution is -2.12. The van der Waals surface area contributed by atoms with Crippen LogP contribution >= 0.6 is 0 Å². The van der Waals surface area contributed by atoms with Crippen molar-refractivity contribution >= 4 is 17.2 Å². The van der Waals surface area contributed by atoms with E-state index in [1.54, 1.807) is 13.8 Å². The first-order valence-corrected chi connectivity index (χ1v) is 4.47. The van der Waals surface area contributed by atoms with Gasteiger partial charge >= 0.3 is 5.69 Å². The van der Waals surface area contributed by atoms with Crippen LogP contribution in [0, 0.1) is 20.2 Å². The minimum Gasteiger partial charge on any atom is -0.362 e. The predicted octanol–water partition coefficient (Wildman–Crippen LogP) is 1.72. The third kappa shape index (κ3) is 2.62. The van der Waals surface area contributed by atoms with Crippen molar-refractivity contribution in [3.05, 3.63) is 32.5 Å². The molecule has 0 spiro atoms. The molecule has 0 aliphatic heterocycles. The Bertz CT molecular complexity index is 432. The van der Waals surface area contributed by atoms with E-state index >= 15 is 0 Å². The molecule has 0 saturated heterocycles. The lowest BCUT2D eigenvalue weighted by atomic mass is 10.3. The fourth-order valence-corrected chi connectivity index (χ4v) is 1.07. The van der Waals surface area contributed by atoms with Gasteiger partial charge in [-0.25, -0.2) is 4.98 Å². The summed E-state index contributed by atoms with van der Waals surface area (Å²) in [6, 6.07) is 0.838. The zero-order chi connectivity index (χ0) is 12.3. The largest absolute Gasteiger partial charge is 0.362 e. The van der Waals surface area contributed by atoms with E-state index in [4.69, 9.17) is 0 Å². The molecule has 0 atom stereocenters. The summed E-state index contributed by atoms with van der Waals surface area (Å²) in [4.78, 5) is 23.4. The van der Waals surface area contributed by atoms with Crippen molar-refractivity contribution in [1.82, 2.24) is 4.98 Å². The topological polar surface area (TPSA) is 111 Å². The number of aromatic nitrogens is 1. The molecule has 0 fully saturated rings. The van der Waals surface area contributed by atoms with Crippen LogP contribution in [0.2, 0.25) is 0 Å². The Morgan fingerprint density at radius 1 is 1.31 bits per heavy atom. The first kappa shape index (κ1) is 11.8. The average molecular weight is 226 g/mol. The minimum absolute atomic E-state index is 0.0330. The standard InChI is InChI=1S/C8H10N4O4/c1-5(2)10-8-7(12(15)16)3-6(4-9-8)11(13)14/h3-5H,1-2H3,(H,9,10). The lowest BCUT2D eigenvalue weighted by Gasteiger charge is -2.08. The molecular formula is C8H10N4O4. The van der Waals surface area contributed by atoms with Gasteiger partial charge in [-0.05, 0) is 13.8 Å². The molecule has 8 heteroatoms. The molecule has 1 aromatic heterocycles. The van der Waals surface area contributed by atoms with Crippen molar-refractivity contribution < 1.29 is 9.85 Å². The summed E-state index contributed by atoms with van der Waals surface area (Å²) in [5.41, 5.74) is -0.802. The van der Waals surface area contributed by atoms with Crippen LogP contribution in [0.4, 0.5) is 17.2 Å². The summed E-state index contributed by atoms with van der Waals surface area (Å²) in [7, 11) is 0. The number of hydrogen-bond acceptors (Lipinski definition) is 6. The number of nitrogens with one attached hydrogen (secondary N) is 1. The van der Waals surface area contributed by atoms with E-state index in [2.05, 4.69) is 10.3 Å². The molecular weight excluding hydrogens is 216 g/mol. The smallest absolute Gasteiger partial charge is 0.318 e. The van der Waals surface area contributed by atoms with Crippen LogP contribution in [0.3, 0.4) is 0 Å². The van der Waals surface area contributed by atoms with Crippen LogP contribution in [0.25, 0.3) is 0 Å². The van der Waals surface area contributed by atoms with Crippen molar-refractivity contribution in [3.8, 4) is 0 Å². The maximum Gasteiger partial charge on any atom is 0.318 e. The first-order valence-electron chi connectivity index (χ1n) is 4.47. The molecule has 8 nitrogen and oxygen atoms in total. The molecule has 0 radical (unpaired) electrons. The van der Waals surface area contributed by atoms with Gasteiger partial charge in [0, 0.05) is 6.04 Å². The van der Waals surface area contributed by atoms with Gasteiger partial charge in [0.2, 0.25) is 5.82 Å². The van der Waals surface area contributed by atoms with Gasteiger partial charge in [-0.15, -0.1) is 0 Å². The van der Waals surface area contributed by atoms with Crippen LogP contribution in [0.15, 0.2) is 12.3 Å². The quantitative estimate of drug-likeness (QED) is 0.617. The molecule has 86 valence electrons. The molecule has 1 heterocycles. The highest BCUT2D eigenvalue weighted by Gasteiger charge is 2.21. The number of pyridine rings is 1. The maximum atomic E-state index is 10.7. The SMILES string of the molecule is CC(C)Nc1ncc([N+](=O)[O-])cc1[N+](=O)[O-]. The lowest BCUT2D eigenvalue weighted by molar-refractivity contribution is -0.394. The predicted molar refractivity (Wildman–Crippen MR) is 56.3 cm³/mol. The number of anilines is 1. The Kier molecular flexibility index (Phi) is 3.33. The molecule has 16 heavy (non-hydrogen) atoms. The average Bonchev–Trinajstić information content (AvgIpc) is 2.16. The highest BCUT2D eigenvalue weighted by atomic mass is 16.6. The fraction of sp³-hybridized carbons (Fsp3) is 0.375. The molecule has 0 aliphatic carbocycles. The zero-order valence-corrected chi connectivity index (χ0v) is 8.71. The second-order valence-corrected chi connectivity index (χ2v) is 3.37. The van der Waals surface area contributed by atoms with Gasteiger partial charge in [0.15, 0.2) is 0 Å². The van der Waals surface area contributed by atoms with E-state index in [0.29, 0.717) is 0 Å². The van der Waals surface area contributed by atoms with Crippen LogP contribution in [0.5, 0.6) is 0 Å². The van der Waals surface area contributed by atoms with Crippen molar-refractivity contribution in [1.29, 1.82) is 0 Å². The Balaban J connectivity index is 3.19. The zero-order valence-electron chi connectivity index (χ0n) is 8.71. The third-order valence-corrected chi connectivity index (χ3v) is 1.69. The summed E-state index contributed by atoms with van der Waals surface area (Å²) in [5, 5.41) is 23.9. The molecule has 0 bridgehead atoms. The summed E-state index contributed by atoms with van der Waals surface area (Å²) < 4.78 is 0. The summed E-state index contributed by atoms with van der Waals surface area (Å²) in [6.45, 7) is 3.57. The van der Waals surface area contributed by atoms with E-state index in [1.807, 2.05) is 0 Å². The van der Waals surface area contributed by atoms with Crippen LogP contribution in [-0.4, -0.2) is 20.9 Å². The molecule has 0 saturated carbocycles. The number of nitrogens with zero attached hydrogens (tertiary/aromatic N) is 3. The van der Waals surface area contributed by atoms with Gasteiger partial charge in [-0.3, -0.25) is 20.2 Å². The molecule has 1 rings (SSSR count). The summed E-state index contributed by atoms with van der Waals surface area (Å²) in [6.07, 6.45) is 0.984. The van der Waals surface area contributed by atoms with Gasteiger partial charge < -0.3 is 5.32 Å². The Morgan fingerprint density at radius 3 is 2.38 bits per heavy atom. The van der Waals surface area contributed by atoms with Crippen molar-refractivity contribution in [3.63, 3.8) is 0 Å².